The zero-order valence-corrected chi connectivity index (χ0v) is 13.8. The van der Waals surface area contributed by atoms with Crippen molar-refractivity contribution in [2.75, 3.05) is 5.32 Å². The predicted molar refractivity (Wildman–Crippen MR) is 90.0 cm³/mol. The van der Waals surface area contributed by atoms with Crippen LogP contribution < -0.4 is 5.32 Å². The van der Waals surface area contributed by atoms with Gasteiger partial charge in [0.1, 0.15) is 5.75 Å². The smallest absolute Gasteiger partial charge is 0.416 e. The second kappa shape index (κ2) is 6.74. The molecule has 3 aromatic carbocycles. The van der Waals surface area contributed by atoms with E-state index in [-0.39, 0.29) is 11.6 Å². The molecule has 0 radical (unpaired) electrons. The maximum Gasteiger partial charge on any atom is 0.416 e. The molecule has 3 rings (SSSR count). The second-order valence-electron chi connectivity index (χ2n) is 5.93. The van der Waals surface area contributed by atoms with Crippen LogP contribution in [-0.2, 0) is 12.4 Å². The lowest BCUT2D eigenvalue weighted by Gasteiger charge is -2.15. The van der Waals surface area contributed by atoms with Gasteiger partial charge in [-0.2, -0.15) is 26.3 Å². The van der Waals surface area contributed by atoms with Gasteiger partial charge in [-0.1, -0.05) is 30.3 Å². The van der Waals surface area contributed by atoms with Gasteiger partial charge in [-0.25, -0.2) is 0 Å². The van der Waals surface area contributed by atoms with Crippen molar-refractivity contribution in [2.45, 2.75) is 12.4 Å². The van der Waals surface area contributed by atoms with Crippen molar-refractivity contribution >= 4 is 22.4 Å². The minimum Gasteiger partial charge on any atom is -0.507 e. The van der Waals surface area contributed by atoms with E-state index in [0.717, 1.165) is 0 Å². The van der Waals surface area contributed by atoms with Crippen molar-refractivity contribution in [3.8, 4) is 5.75 Å². The molecule has 0 aliphatic carbocycles. The van der Waals surface area contributed by atoms with Crippen LogP contribution in [0.5, 0.6) is 5.75 Å². The van der Waals surface area contributed by atoms with E-state index < -0.39 is 40.8 Å². The summed E-state index contributed by atoms with van der Waals surface area (Å²) >= 11 is 0. The quantitative estimate of drug-likeness (QED) is 0.533. The lowest BCUT2D eigenvalue weighted by molar-refractivity contribution is -0.143. The van der Waals surface area contributed by atoms with E-state index in [1.807, 2.05) is 5.32 Å². The van der Waals surface area contributed by atoms with Crippen LogP contribution in [0.1, 0.15) is 21.5 Å². The van der Waals surface area contributed by atoms with Gasteiger partial charge in [0.2, 0.25) is 0 Å². The first kappa shape index (κ1) is 19.5. The van der Waals surface area contributed by atoms with E-state index in [1.165, 1.54) is 18.2 Å². The van der Waals surface area contributed by atoms with Gasteiger partial charge in [-0.15, -0.1) is 0 Å². The van der Waals surface area contributed by atoms with Gasteiger partial charge in [-0.3, -0.25) is 4.79 Å². The SMILES string of the molecule is O=C(Nc1cc(C(F)(F)F)cc(C(F)(F)F)c1)c1c(O)ccc2ccccc12. The fourth-order valence-corrected chi connectivity index (χ4v) is 2.72. The Kier molecular flexibility index (Phi) is 4.70. The van der Waals surface area contributed by atoms with E-state index in [0.29, 0.717) is 22.9 Å². The van der Waals surface area contributed by atoms with Gasteiger partial charge in [0.05, 0.1) is 16.7 Å². The summed E-state index contributed by atoms with van der Waals surface area (Å²) in [5, 5.41) is 12.9. The monoisotopic (exact) mass is 399 g/mol. The Bertz CT molecular complexity index is 1020. The lowest BCUT2D eigenvalue weighted by atomic mass is 10.0. The molecule has 0 aliphatic rings. The number of hydrogen-bond donors (Lipinski definition) is 2. The third-order valence-electron chi connectivity index (χ3n) is 3.98. The summed E-state index contributed by atoms with van der Waals surface area (Å²) in [6.07, 6.45) is -10.1. The minimum absolute atomic E-state index is 0.0367. The number of rotatable bonds is 2. The van der Waals surface area contributed by atoms with Crippen LogP contribution in [0.3, 0.4) is 0 Å². The van der Waals surface area contributed by atoms with Gasteiger partial charge < -0.3 is 10.4 Å². The van der Waals surface area contributed by atoms with Crippen LogP contribution >= 0.6 is 0 Å². The molecule has 0 unspecified atom stereocenters. The molecule has 0 heterocycles. The first-order chi connectivity index (χ1) is 13.0. The second-order valence-corrected chi connectivity index (χ2v) is 5.93. The average molecular weight is 399 g/mol. The molecule has 0 spiro atoms. The summed E-state index contributed by atoms with van der Waals surface area (Å²) in [5.41, 5.74) is -4.07. The van der Waals surface area contributed by atoms with Crippen LogP contribution in [-0.4, -0.2) is 11.0 Å². The number of aromatic hydroxyl groups is 1. The van der Waals surface area contributed by atoms with Gasteiger partial charge in [-0.05, 0) is 35.0 Å². The maximum absolute atomic E-state index is 12.9. The van der Waals surface area contributed by atoms with Gasteiger partial charge in [0.15, 0.2) is 0 Å². The van der Waals surface area contributed by atoms with Crippen LogP contribution in [0.15, 0.2) is 54.6 Å². The highest BCUT2D eigenvalue weighted by Crippen LogP contribution is 2.38. The third kappa shape index (κ3) is 3.88. The zero-order chi connectivity index (χ0) is 20.7. The minimum atomic E-state index is -5.04. The van der Waals surface area contributed by atoms with Crippen molar-refractivity contribution in [2.24, 2.45) is 0 Å². The summed E-state index contributed by atoms with van der Waals surface area (Å²) in [7, 11) is 0. The first-order valence-corrected chi connectivity index (χ1v) is 7.78. The Labute approximate surface area is 154 Å². The molecule has 0 saturated carbocycles. The first-order valence-electron chi connectivity index (χ1n) is 7.78. The molecule has 0 saturated heterocycles. The van der Waals surface area contributed by atoms with Crippen molar-refractivity contribution in [3.05, 3.63) is 71.3 Å². The molecule has 3 aromatic rings. The molecular weight excluding hydrogens is 388 g/mol. The standard InChI is InChI=1S/C19H11F6NO2/c20-18(21,22)11-7-12(19(23,24)25)9-13(8-11)26-17(28)16-14-4-2-1-3-10(14)5-6-15(16)27/h1-9,27H,(H,26,28). The molecular formula is C19H11F6NO2. The van der Waals surface area contributed by atoms with Crippen LogP contribution in [0.25, 0.3) is 10.8 Å². The van der Waals surface area contributed by atoms with Gasteiger partial charge in [0, 0.05) is 5.69 Å². The molecule has 3 nitrogen and oxygen atoms in total. The molecule has 0 aromatic heterocycles. The van der Waals surface area contributed by atoms with Crippen LogP contribution in [0.2, 0.25) is 0 Å². The highest BCUT2D eigenvalue weighted by atomic mass is 19.4. The van der Waals surface area contributed by atoms with Crippen molar-refractivity contribution in [1.29, 1.82) is 0 Å². The predicted octanol–water partition coefficient (Wildman–Crippen LogP) is 5.84. The number of benzene rings is 3. The summed E-state index contributed by atoms with van der Waals surface area (Å²) in [4.78, 5) is 12.5. The molecule has 0 atom stereocenters. The van der Waals surface area contributed by atoms with Crippen molar-refractivity contribution in [3.63, 3.8) is 0 Å². The molecule has 2 N–H and O–H groups in total. The molecule has 0 fully saturated rings. The average Bonchev–Trinajstić information content (AvgIpc) is 2.59. The summed E-state index contributed by atoms with van der Waals surface area (Å²) < 4.78 is 77.7. The highest BCUT2D eigenvalue weighted by molar-refractivity contribution is 6.14. The molecule has 1 amide bonds. The number of fused-ring (bicyclic) bond motifs is 1. The molecule has 146 valence electrons. The molecule has 0 aliphatic heterocycles. The normalized spacial score (nSPS) is 12.2. The number of nitrogens with one attached hydrogen (secondary N) is 1. The lowest BCUT2D eigenvalue weighted by Crippen LogP contribution is -2.16. The largest absolute Gasteiger partial charge is 0.507 e. The van der Waals surface area contributed by atoms with Crippen molar-refractivity contribution < 1.29 is 36.2 Å². The van der Waals surface area contributed by atoms with E-state index in [2.05, 4.69) is 0 Å². The van der Waals surface area contributed by atoms with E-state index in [9.17, 15) is 36.2 Å². The Morgan fingerprint density at radius 3 is 1.96 bits per heavy atom. The number of anilines is 1. The van der Waals surface area contributed by atoms with E-state index in [4.69, 9.17) is 0 Å². The number of phenols is 1. The summed E-state index contributed by atoms with van der Waals surface area (Å²) in [6.45, 7) is 0. The maximum atomic E-state index is 12.9. The van der Waals surface area contributed by atoms with Crippen LogP contribution in [0, 0.1) is 0 Å². The third-order valence-corrected chi connectivity index (χ3v) is 3.98. The van der Waals surface area contributed by atoms with Gasteiger partial charge in [0.25, 0.3) is 5.91 Å². The number of carbonyl (C=O) groups is 1. The fourth-order valence-electron chi connectivity index (χ4n) is 2.72. The Morgan fingerprint density at radius 2 is 1.39 bits per heavy atom. The van der Waals surface area contributed by atoms with E-state index in [1.54, 1.807) is 18.2 Å². The number of halogens is 6. The highest BCUT2D eigenvalue weighted by Gasteiger charge is 2.37. The number of phenolic OH excluding ortho intramolecular Hbond substituents is 1. The van der Waals surface area contributed by atoms with Crippen LogP contribution in [0.4, 0.5) is 32.0 Å². The fraction of sp³-hybridized carbons (Fsp3) is 0.105. The Balaban J connectivity index is 2.07. The van der Waals surface area contributed by atoms with E-state index >= 15 is 0 Å². The number of carbonyl (C=O) groups excluding carboxylic acids is 1. The van der Waals surface area contributed by atoms with Crippen molar-refractivity contribution in [1.82, 2.24) is 0 Å². The molecule has 9 heteroatoms. The summed E-state index contributed by atoms with van der Waals surface area (Å²) in [5.74, 6) is -1.50. The Morgan fingerprint density at radius 1 is 0.821 bits per heavy atom. The number of alkyl halides is 6. The molecule has 28 heavy (non-hydrogen) atoms. The Hall–Kier alpha value is -3.23. The zero-order valence-electron chi connectivity index (χ0n) is 13.8. The summed E-state index contributed by atoms with van der Waals surface area (Å²) in [6, 6.07) is 9.87. The topological polar surface area (TPSA) is 49.3 Å². The molecule has 0 bridgehead atoms. The van der Waals surface area contributed by atoms with Gasteiger partial charge >= 0.3 is 12.4 Å². The number of hydrogen-bond acceptors (Lipinski definition) is 2. The number of amides is 1.